The zero-order valence-electron chi connectivity index (χ0n) is 9.02. The van der Waals surface area contributed by atoms with Crippen molar-refractivity contribution in [3.63, 3.8) is 0 Å². The van der Waals surface area contributed by atoms with Crippen molar-refractivity contribution in [2.24, 2.45) is 0 Å². The van der Waals surface area contributed by atoms with Crippen molar-refractivity contribution < 1.29 is 4.39 Å². The molecule has 1 aromatic carbocycles. The highest BCUT2D eigenvalue weighted by Crippen LogP contribution is 2.25. The summed E-state index contributed by atoms with van der Waals surface area (Å²) in [7, 11) is 0. The molecule has 0 aliphatic carbocycles. The lowest BCUT2D eigenvalue weighted by Crippen LogP contribution is -1.95. The molecule has 2 aromatic heterocycles. The summed E-state index contributed by atoms with van der Waals surface area (Å²) in [5.74, 6) is -0.378. The van der Waals surface area contributed by atoms with Crippen molar-refractivity contribution in [3.05, 3.63) is 52.3 Å². The number of pyridine rings is 1. The molecular weight excluding hydrogens is 273 g/mol. The third-order valence-electron chi connectivity index (χ3n) is 2.63. The fourth-order valence-electron chi connectivity index (χ4n) is 1.86. The first-order valence-electron chi connectivity index (χ1n) is 5.17. The van der Waals surface area contributed by atoms with E-state index in [4.69, 9.17) is 23.8 Å². The number of fused-ring (bicyclic) bond motifs is 1. The first-order valence-corrected chi connectivity index (χ1v) is 5.95. The average Bonchev–Trinajstić information content (AvgIpc) is 2.66. The maximum Gasteiger partial charge on any atom is 0.182 e. The number of nitrogens with one attached hydrogen (secondary N) is 1. The number of H-pyrrole nitrogens is 1. The van der Waals surface area contributed by atoms with E-state index in [1.807, 2.05) is 6.07 Å². The van der Waals surface area contributed by atoms with Crippen molar-refractivity contribution in [3.8, 4) is 5.69 Å². The number of aromatic amines is 1. The summed E-state index contributed by atoms with van der Waals surface area (Å²) in [4.78, 5) is 7.04. The largest absolute Gasteiger partial charge is 0.329 e. The van der Waals surface area contributed by atoms with E-state index in [0.717, 1.165) is 11.0 Å². The monoisotopic (exact) mass is 279 g/mol. The molecule has 3 nitrogen and oxygen atoms in total. The molecule has 0 atom stereocenters. The normalized spacial score (nSPS) is 11.0. The van der Waals surface area contributed by atoms with Gasteiger partial charge >= 0.3 is 0 Å². The van der Waals surface area contributed by atoms with Gasteiger partial charge < -0.3 is 4.98 Å². The highest BCUT2D eigenvalue weighted by Gasteiger charge is 2.10. The second kappa shape index (κ2) is 4.19. The number of halogens is 2. The third kappa shape index (κ3) is 1.72. The molecule has 0 fully saturated rings. The van der Waals surface area contributed by atoms with Crippen LogP contribution in [-0.4, -0.2) is 14.5 Å². The molecule has 90 valence electrons. The maximum atomic E-state index is 13.1. The van der Waals surface area contributed by atoms with Gasteiger partial charge in [-0.05, 0) is 36.5 Å². The molecule has 0 radical (unpaired) electrons. The zero-order valence-corrected chi connectivity index (χ0v) is 10.6. The van der Waals surface area contributed by atoms with Crippen molar-refractivity contribution in [1.82, 2.24) is 14.5 Å². The van der Waals surface area contributed by atoms with Crippen LogP contribution in [0, 0.1) is 10.6 Å². The van der Waals surface area contributed by atoms with Gasteiger partial charge in [-0.25, -0.2) is 4.39 Å². The molecule has 0 amide bonds. The number of hydrogen-bond donors (Lipinski definition) is 1. The van der Waals surface area contributed by atoms with Crippen molar-refractivity contribution in [2.45, 2.75) is 0 Å². The summed E-state index contributed by atoms with van der Waals surface area (Å²) in [6.45, 7) is 0. The van der Waals surface area contributed by atoms with Crippen molar-refractivity contribution in [2.75, 3.05) is 0 Å². The number of rotatable bonds is 1. The van der Waals surface area contributed by atoms with Gasteiger partial charge in [-0.2, -0.15) is 0 Å². The molecule has 0 saturated carbocycles. The molecule has 6 heteroatoms. The Kier molecular flexibility index (Phi) is 2.65. The van der Waals surface area contributed by atoms with Crippen LogP contribution in [-0.2, 0) is 0 Å². The molecule has 0 unspecified atom stereocenters. The highest BCUT2D eigenvalue weighted by molar-refractivity contribution is 7.71. The molecule has 0 aliphatic rings. The van der Waals surface area contributed by atoms with Gasteiger partial charge in [0.2, 0.25) is 0 Å². The Hall–Kier alpha value is -1.72. The summed E-state index contributed by atoms with van der Waals surface area (Å²) in [5.41, 5.74) is 2.30. The van der Waals surface area contributed by atoms with Crippen LogP contribution in [0.5, 0.6) is 0 Å². The lowest BCUT2D eigenvalue weighted by molar-refractivity contribution is 0.627. The second-order valence-corrected chi connectivity index (χ2v) is 4.55. The minimum absolute atomic E-state index is 0.309. The SMILES string of the molecule is Fc1ccc(-n2c(=S)[nH]c3cnccc32)c(Cl)c1. The third-order valence-corrected chi connectivity index (χ3v) is 3.22. The van der Waals surface area contributed by atoms with Gasteiger partial charge in [-0.1, -0.05) is 11.6 Å². The fourth-order valence-corrected chi connectivity index (χ4v) is 2.42. The molecule has 3 aromatic rings. The molecule has 0 bridgehead atoms. The van der Waals surface area contributed by atoms with E-state index in [-0.39, 0.29) is 5.82 Å². The number of benzene rings is 1. The van der Waals surface area contributed by atoms with Gasteiger partial charge in [-0.3, -0.25) is 9.55 Å². The standard InChI is InChI=1S/C12H7ClFN3S/c13-8-5-7(14)1-2-10(8)17-11-3-4-15-6-9(11)16-12(17)18/h1-6H,(H,16,18). The summed E-state index contributed by atoms with van der Waals surface area (Å²) >= 11 is 11.3. The zero-order chi connectivity index (χ0) is 12.7. The topological polar surface area (TPSA) is 33.6 Å². The van der Waals surface area contributed by atoms with E-state index in [1.54, 1.807) is 23.0 Å². The molecule has 0 aliphatic heterocycles. The Bertz CT molecular complexity index is 793. The lowest BCUT2D eigenvalue weighted by Gasteiger charge is -2.06. The smallest absolute Gasteiger partial charge is 0.182 e. The molecule has 0 spiro atoms. The van der Waals surface area contributed by atoms with Crippen LogP contribution >= 0.6 is 23.8 Å². The Morgan fingerprint density at radius 2 is 2.17 bits per heavy atom. The molecular formula is C12H7ClFN3S. The van der Waals surface area contributed by atoms with Crippen LogP contribution in [0.1, 0.15) is 0 Å². The van der Waals surface area contributed by atoms with Gasteiger partial charge in [0.05, 0.1) is 27.9 Å². The van der Waals surface area contributed by atoms with E-state index in [2.05, 4.69) is 9.97 Å². The molecule has 18 heavy (non-hydrogen) atoms. The van der Waals surface area contributed by atoms with E-state index in [1.165, 1.54) is 12.1 Å². The van der Waals surface area contributed by atoms with E-state index < -0.39 is 0 Å². The Balaban J connectivity index is 2.38. The first-order chi connectivity index (χ1) is 8.66. The van der Waals surface area contributed by atoms with Crippen LogP contribution < -0.4 is 0 Å². The summed E-state index contributed by atoms with van der Waals surface area (Å²) in [6.07, 6.45) is 3.35. The minimum atomic E-state index is -0.378. The van der Waals surface area contributed by atoms with E-state index in [0.29, 0.717) is 15.5 Å². The van der Waals surface area contributed by atoms with Crippen LogP contribution in [0.4, 0.5) is 4.39 Å². The van der Waals surface area contributed by atoms with E-state index >= 15 is 0 Å². The second-order valence-electron chi connectivity index (χ2n) is 3.75. The van der Waals surface area contributed by atoms with Crippen LogP contribution in [0.2, 0.25) is 5.02 Å². The maximum absolute atomic E-state index is 13.1. The van der Waals surface area contributed by atoms with Crippen LogP contribution in [0.3, 0.4) is 0 Å². The minimum Gasteiger partial charge on any atom is -0.329 e. The van der Waals surface area contributed by atoms with Crippen molar-refractivity contribution in [1.29, 1.82) is 0 Å². The molecule has 0 saturated heterocycles. The van der Waals surface area contributed by atoms with Crippen LogP contribution in [0.15, 0.2) is 36.7 Å². The Labute approximate surface area is 112 Å². The predicted octanol–water partition coefficient (Wildman–Crippen LogP) is 3.88. The van der Waals surface area contributed by atoms with Gasteiger partial charge in [-0.15, -0.1) is 0 Å². The van der Waals surface area contributed by atoms with Gasteiger partial charge in [0, 0.05) is 6.20 Å². The number of hydrogen-bond acceptors (Lipinski definition) is 2. The molecule has 1 N–H and O–H groups in total. The molecule has 2 heterocycles. The van der Waals surface area contributed by atoms with Gasteiger partial charge in [0.1, 0.15) is 5.82 Å². The highest BCUT2D eigenvalue weighted by atomic mass is 35.5. The van der Waals surface area contributed by atoms with Gasteiger partial charge in [0.15, 0.2) is 4.77 Å². The summed E-state index contributed by atoms with van der Waals surface area (Å²) in [5, 5.41) is 0.309. The van der Waals surface area contributed by atoms with E-state index in [9.17, 15) is 4.39 Å². The quantitative estimate of drug-likeness (QED) is 0.686. The summed E-state index contributed by atoms with van der Waals surface area (Å²) < 4.78 is 15.3. The first kappa shape index (κ1) is 11.4. The summed E-state index contributed by atoms with van der Waals surface area (Å²) in [6, 6.07) is 6.03. The number of imidazole rings is 1. The van der Waals surface area contributed by atoms with Gasteiger partial charge in [0.25, 0.3) is 0 Å². The molecule has 3 rings (SSSR count). The Morgan fingerprint density at radius 3 is 2.94 bits per heavy atom. The van der Waals surface area contributed by atoms with Crippen LogP contribution in [0.25, 0.3) is 16.7 Å². The predicted molar refractivity (Wildman–Crippen MR) is 71.2 cm³/mol. The average molecular weight is 280 g/mol. The fraction of sp³-hybridized carbons (Fsp3) is 0. The lowest BCUT2D eigenvalue weighted by atomic mass is 10.3. The Morgan fingerprint density at radius 1 is 1.33 bits per heavy atom. The number of aromatic nitrogens is 3. The van der Waals surface area contributed by atoms with Crippen molar-refractivity contribution >= 4 is 34.9 Å². The number of nitrogens with zero attached hydrogens (tertiary/aromatic N) is 2.